The van der Waals surface area contributed by atoms with Gasteiger partial charge in [0, 0.05) is 39.3 Å². The molecule has 4 rings (SSSR count). The summed E-state index contributed by atoms with van der Waals surface area (Å²) >= 11 is 0. The Kier molecular flexibility index (Phi) is 8.24. The molecule has 0 aliphatic carbocycles. The van der Waals surface area contributed by atoms with Gasteiger partial charge in [0.15, 0.2) is 0 Å². The molecule has 0 aromatic heterocycles. The maximum Gasteiger partial charge on any atom is 0.234 e. The van der Waals surface area contributed by atoms with E-state index in [0.29, 0.717) is 37.4 Å². The van der Waals surface area contributed by atoms with E-state index in [1.165, 1.54) is 0 Å². The second kappa shape index (κ2) is 11.7. The molecule has 34 heavy (non-hydrogen) atoms. The van der Waals surface area contributed by atoms with Crippen LogP contribution in [0.5, 0.6) is 0 Å². The zero-order valence-electron chi connectivity index (χ0n) is 19.2. The molecule has 2 atom stereocenters. The van der Waals surface area contributed by atoms with Crippen molar-refractivity contribution in [2.75, 3.05) is 45.9 Å². The Balaban J connectivity index is 1.15. The van der Waals surface area contributed by atoms with Crippen LogP contribution >= 0.6 is 0 Å². The van der Waals surface area contributed by atoms with Crippen LogP contribution in [0.25, 0.3) is 0 Å². The number of fused-ring (bicyclic) bond motifs is 2. The molecule has 176 valence electrons. The number of nitrogens with one attached hydrogen (secondary N) is 1. The summed E-state index contributed by atoms with van der Waals surface area (Å²) in [6, 6.07) is 19.0. The van der Waals surface area contributed by atoms with E-state index >= 15 is 0 Å². The molecule has 0 radical (unpaired) electrons. The molecule has 2 bridgehead atoms. The molecule has 2 fully saturated rings. The lowest BCUT2D eigenvalue weighted by atomic mass is 10.1. The second-order valence-corrected chi connectivity index (χ2v) is 8.78. The maximum absolute atomic E-state index is 12.4. The Hall–Kier alpha value is -3.27. The minimum absolute atomic E-state index is 0.00458. The highest BCUT2D eigenvalue weighted by atomic mass is 16.5. The maximum atomic E-state index is 12.4. The Morgan fingerprint density at radius 1 is 0.971 bits per heavy atom. The first-order chi connectivity index (χ1) is 16.6. The van der Waals surface area contributed by atoms with Gasteiger partial charge >= 0.3 is 0 Å². The van der Waals surface area contributed by atoms with Crippen molar-refractivity contribution in [1.82, 2.24) is 15.1 Å². The van der Waals surface area contributed by atoms with Gasteiger partial charge in [0.25, 0.3) is 0 Å². The van der Waals surface area contributed by atoms with Crippen LogP contribution in [0, 0.1) is 22.7 Å². The molecule has 2 aliphatic heterocycles. The van der Waals surface area contributed by atoms with Gasteiger partial charge in [-0.1, -0.05) is 24.3 Å². The monoisotopic (exact) mass is 459 g/mol. The number of benzene rings is 2. The number of hydrogen-bond donors (Lipinski definition) is 1. The van der Waals surface area contributed by atoms with E-state index < -0.39 is 0 Å². The van der Waals surface area contributed by atoms with Gasteiger partial charge in [0.05, 0.1) is 55.2 Å². The van der Waals surface area contributed by atoms with Crippen LogP contribution in [0.15, 0.2) is 48.5 Å². The summed E-state index contributed by atoms with van der Waals surface area (Å²) < 4.78 is 11.9. The van der Waals surface area contributed by atoms with E-state index in [1.807, 2.05) is 30.3 Å². The third kappa shape index (κ3) is 6.86. The predicted octanol–water partition coefficient (Wildman–Crippen LogP) is 1.65. The lowest BCUT2D eigenvalue weighted by molar-refractivity contribution is -0.146. The van der Waals surface area contributed by atoms with E-state index in [1.54, 1.807) is 18.2 Å². The zero-order valence-corrected chi connectivity index (χ0v) is 19.2. The van der Waals surface area contributed by atoms with E-state index in [9.17, 15) is 4.79 Å². The number of amides is 1. The van der Waals surface area contributed by atoms with Gasteiger partial charge < -0.3 is 14.8 Å². The van der Waals surface area contributed by atoms with Crippen molar-refractivity contribution in [3.63, 3.8) is 0 Å². The van der Waals surface area contributed by atoms with Gasteiger partial charge in [-0.3, -0.25) is 14.6 Å². The fraction of sp³-hybridized carbons (Fsp3) is 0.423. The van der Waals surface area contributed by atoms with E-state index in [0.717, 1.165) is 43.9 Å². The van der Waals surface area contributed by atoms with Crippen LogP contribution in [0.1, 0.15) is 22.3 Å². The molecule has 2 aromatic carbocycles. The van der Waals surface area contributed by atoms with Gasteiger partial charge in [-0.05, 0) is 35.4 Å². The molecule has 8 nitrogen and oxygen atoms in total. The van der Waals surface area contributed by atoms with Crippen LogP contribution in [0.2, 0.25) is 0 Å². The van der Waals surface area contributed by atoms with Crippen molar-refractivity contribution in [3.05, 3.63) is 70.8 Å². The summed E-state index contributed by atoms with van der Waals surface area (Å²) in [4.78, 5) is 17.0. The van der Waals surface area contributed by atoms with Gasteiger partial charge in [0.1, 0.15) is 0 Å². The molecule has 0 saturated carbocycles. The lowest BCUT2D eigenvalue weighted by Gasteiger charge is -2.45. The molecule has 2 unspecified atom stereocenters. The largest absolute Gasteiger partial charge is 0.375 e. The topological polar surface area (TPSA) is 102 Å². The van der Waals surface area contributed by atoms with Crippen molar-refractivity contribution in [3.8, 4) is 12.1 Å². The van der Waals surface area contributed by atoms with Crippen LogP contribution in [0.4, 0.5) is 0 Å². The number of hydrogen-bond acceptors (Lipinski definition) is 7. The first kappa shape index (κ1) is 23.9. The highest BCUT2D eigenvalue weighted by molar-refractivity contribution is 5.78. The third-order valence-corrected chi connectivity index (χ3v) is 6.05. The van der Waals surface area contributed by atoms with Crippen LogP contribution in [-0.2, 0) is 27.4 Å². The summed E-state index contributed by atoms with van der Waals surface area (Å²) in [5, 5.41) is 20.8. The smallest absolute Gasteiger partial charge is 0.234 e. The summed E-state index contributed by atoms with van der Waals surface area (Å²) in [7, 11) is 0. The Morgan fingerprint density at radius 3 is 2.38 bits per heavy atom. The lowest BCUT2D eigenvalue weighted by Crippen LogP contribution is -2.60. The summed E-state index contributed by atoms with van der Waals surface area (Å²) in [6.07, 6.45) is 0.178. The molecular formula is C26H29N5O3. The molecular weight excluding hydrogens is 430 g/mol. The number of nitriles is 2. The van der Waals surface area contributed by atoms with Gasteiger partial charge in [-0.2, -0.15) is 10.5 Å². The average Bonchev–Trinajstić information content (AvgIpc) is 2.85. The fourth-order valence-corrected chi connectivity index (χ4v) is 4.44. The number of morpholine rings is 2. The van der Waals surface area contributed by atoms with E-state index in [-0.39, 0.29) is 18.1 Å². The minimum Gasteiger partial charge on any atom is -0.375 e. The molecule has 8 heteroatoms. The molecule has 2 saturated heterocycles. The normalized spacial score (nSPS) is 20.3. The molecule has 2 aliphatic rings. The number of nitrogens with zero attached hydrogens (tertiary/aromatic N) is 4. The Labute approximate surface area is 200 Å². The van der Waals surface area contributed by atoms with Crippen molar-refractivity contribution in [2.45, 2.75) is 25.4 Å². The first-order valence-electron chi connectivity index (χ1n) is 11.5. The van der Waals surface area contributed by atoms with Crippen molar-refractivity contribution in [1.29, 1.82) is 10.5 Å². The highest BCUT2D eigenvalue weighted by Crippen LogP contribution is 2.19. The van der Waals surface area contributed by atoms with Crippen LogP contribution in [-0.4, -0.2) is 73.8 Å². The SMILES string of the molecule is N#Cc1ccc(CNC(=O)CN2CC3CN(CCOCc4cccc(C#N)c4)CC(C2)O3)cc1. The predicted molar refractivity (Wildman–Crippen MR) is 125 cm³/mol. The molecule has 0 spiro atoms. The van der Waals surface area contributed by atoms with E-state index in [4.69, 9.17) is 20.0 Å². The highest BCUT2D eigenvalue weighted by Gasteiger charge is 2.35. The molecule has 1 amide bonds. The van der Waals surface area contributed by atoms with E-state index in [2.05, 4.69) is 27.3 Å². The molecule has 2 aromatic rings. The summed E-state index contributed by atoms with van der Waals surface area (Å²) in [6.45, 7) is 5.89. The Morgan fingerprint density at radius 2 is 1.68 bits per heavy atom. The average molecular weight is 460 g/mol. The van der Waals surface area contributed by atoms with Gasteiger partial charge in [-0.25, -0.2) is 0 Å². The Bertz CT molecular complexity index is 1050. The van der Waals surface area contributed by atoms with Crippen LogP contribution < -0.4 is 5.32 Å². The number of carbonyl (C=O) groups excluding carboxylic acids is 1. The van der Waals surface area contributed by atoms with Gasteiger partial charge in [-0.15, -0.1) is 0 Å². The zero-order chi connectivity index (χ0) is 23.8. The summed E-state index contributed by atoms with van der Waals surface area (Å²) in [5.41, 5.74) is 3.24. The minimum atomic E-state index is -0.00458. The van der Waals surface area contributed by atoms with Crippen molar-refractivity contribution in [2.24, 2.45) is 0 Å². The number of carbonyl (C=O) groups is 1. The number of rotatable bonds is 9. The fourth-order valence-electron chi connectivity index (χ4n) is 4.44. The van der Waals surface area contributed by atoms with Gasteiger partial charge in [0.2, 0.25) is 5.91 Å². The summed E-state index contributed by atoms with van der Waals surface area (Å²) in [5.74, 6) is -0.00458. The third-order valence-electron chi connectivity index (χ3n) is 6.05. The second-order valence-electron chi connectivity index (χ2n) is 8.78. The van der Waals surface area contributed by atoms with Crippen LogP contribution in [0.3, 0.4) is 0 Å². The van der Waals surface area contributed by atoms with Crippen molar-refractivity contribution < 1.29 is 14.3 Å². The molecule has 1 N–H and O–H groups in total. The molecule has 2 heterocycles. The van der Waals surface area contributed by atoms with Crippen molar-refractivity contribution >= 4 is 5.91 Å². The number of ether oxygens (including phenoxy) is 2. The first-order valence-corrected chi connectivity index (χ1v) is 11.5. The quantitative estimate of drug-likeness (QED) is 0.569. The standard InChI is InChI=1S/C26H29N5O3/c27-11-20-4-6-21(7-5-20)13-29-26(32)18-31-16-24-14-30(15-25(17-31)34-24)8-9-33-19-23-3-1-2-22(10-23)12-28/h1-7,10,24-25H,8-9,13-19H2,(H,29,32).